The molecule has 0 aromatic rings. The maximum absolute atomic E-state index is 5.47. The molecule has 2 heteroatoms. The lowest BCUT2D eigenvalue weighted by atomic mass is 10.1. The second-order valence-corrected chi connectivity index (χ2v) is 3.45. The average molecular weight is 182 g/mol. The third-order valence-corrected chi connectivity index (χ3v) is 2.25. The molecule has 0 amide bonds. The van der Waals surface area contributed by atoms with Crippen LogP contribution >= 0.6 is 0 Å². The van der Waals surface area contributed by atoms with Gasteiger partial charge in [0.15, 0.2) is 0 Å². The zero-order valence-corrected chi connectivity index (χ0v) is 8.92. The van der Waals surface area contributed by atoms with E-state index in [9.17, 15) is 0 Å². The van der Waals surface area contributed by atoms with E-state index in [0.717, 1.165) is 38.9 Å². The van der Waals surface area contributed by atoms with Gasteiger partial charge in [0.1, 0.15) is 0 Å². The van der Waals surface area contributed by atoms with Crippen molar-refractivity contribution in [1.82, 2.24) is 4.90 Å². The summed E-state index contributed by atoms with van der Waals surface area (Å²) >= 11 is 0. The van der Waals surface area contributed by atoms with Crippen LogP contribution in [0.25, 0.3) is 0 Å². The summed E-state index contributed by atoms with van der Waals surface area (Å²) in [6.07, 6.45) is 8.71. The van der Waals surface area contributed by atoms with E-state index in [0.29, 0.717) is 6.04 Å². The van der Waals surface area contributed by atoms with Crippen LogP contribution in [0.3, 0.4) is 0 Å². The van der Waals surface area contributed by atoms with Gasteiger partial charge in [-0.05, 0) is 39.3 Å². The molecule has 0 aromatic heterocycles. The van der Waals surface area contributed by atoms with Crippen molar-refractivity contribution in [2.24, 2.45) is 5.73 Å². The SMILES string of the molecule is C#CCN(CCC)C(C)CCCN. The first-order valence-corrected chi connectivity index (χ1v) is 5.13. The van der Waals surface area contributed by atoms with Crippen molar-refractivity contribution in [3.05, 3.63) is 0 Å². The summed E-state index contributed by atoms with van der Waals surface area (Å²) in [4.78, 5) is 2.34. The first-order valence-electron chi connectivity index (χ1n) is 5.13. The van der Waals surface area contributed by atoms with E-state index in [4.69, 9.17) is 12.2 Å². The van der Waals surface area contributed by atoms with Gasteiger partial charge in [0.05, 0.1) is 6.54 Å². The Labute approximate surface area is 82.5 Å². The Morgan fingerprint density at radius 2 is 2.23 bits per heavy atom. The average Bonchev–Trinajstić information content (AvgIpc) is 2.14. The van der Waals surface area contributed by atoms with E-state index in [-0.39, 0.29) is 0 Å². The normalized spacial score (nSPS) is 12.8. The van der Waals surface area contributed by atoms with Gasteiger partial charge >= 0.3 is 0 Å². The molecule has 1 atom stereocenters. The lowest BCUT2D eigenvalue weighted by Gasteiger charge is -2.26. The van der Waals surface area contributed by atoms with Crippen LogP contribution in [0.2, 0.25) is 0 Å². The quantitative estimate of drug-likeness (QED) is 0.604. The largest absolute Gasteiger partial charge is 0.330 e. The third-order valence-electron chi connectivity index (χ3n) is 2.25. The van der Waals surface area contributed by atoms with Crippen LogP contribution in [-0.4, -0.2) is 30.6 Å². The fraction of sp³-hybridized carbons (Fsp3) is 0.818. The summed E-state index contributed by atoms with van der Waals surface area (Å²) in [5.41, 5.74) is 5.47. The highest BCUT2D eigenvalue weighted by atomic mass is 15.1. The lowest BCUT2D eigenvalue weighted by Crippen LogP contribution is -2.34. The van der Waals surface area contributed by atoms with Gasteiger partial charge in [0.2, 0.25) is 0 Å². The molecule has 0 aliphatic rings. The standard InChI is InChI=1S/C11H22N2/c1-4-9-13(10-5-2)11(3)7-6-8-12/h1,11H,5-10,12H2,2-3H3. The highest BCUT2D eigenvalue weighted by Gasteiger charge is 2.10. The van der Waals surface area contributed by atoms with Crippen LogP contribution in [0.15, 0.2) is 0 Å². The summed E-state index contributed by atoms with van der Waals surface area (Å²) < 4.78 is 0. The molecular weight excluding hydrogens is 160 g/mol. The van der Waals surface area contributed by atoms with Gasteiger partial charge in [-0.3, -0.25) is 4.90 Å². The molecule has 0 radical (unpaired) electrons. The monoisotopic (exact) mass is 182 g/mol. The topological polar surface area (TPSA) is 29.3 Å². The van der Waals surface area contributed by atoms with E-state index >= 15 is 0 Å². The zero-order chi connectivity index (χ0) is 10.1. The predicted octanol–water partition coefficient (Wildman–Crippen LogP) is 1.46. The van der Waals surface area contributed by atoms with Gasteiger partial charge in [-0.2, -0.15) is 0 Å². The highest BCUT2D eigenvalue weighted by molar-refractivity contribution is 4.89. The Hall–Kier alpha value is -0.520. The summed E-state index contributed by atoms with van der Waals surface area (Å²) in [5.74, 6) is 2.70. The second kappa shape index (κ2) is 8.10. The summed E-state index contributed by atoms with van der Waals surface area (Å²) in [6, 6.07) is 0.569. The van der Waals surface area contributed by atoms with Crippen LogP contribution in [0.1, 0.15) is 33.1 Å². The van der Waals surface area contributed by atoms with E-state index < -0.39 is 0 Å². The Morgan fingerprint density at radius 1 is 1.54 bits per heavy atom. The molecule has 0 rings (SSSR count). The molecule has 13 heavy (non-hydrogen) atoms. The molecular formula is C11H22N2. The van der Waals surface area contributed by atoms with Crippen LogP contribution < -0.4 is 5.73 Å². The molecule has 0 aliphatic carbocycles. The van der Waals surface area contributed by atoms with Gasteiger partial charge in [0, 0.05) is 6.04 Å². The van der Waals surface area contributed by atoms with Gasteiger partial charge in [-0.1, -0.05) is 12.8 Å². The molecule has 1 unspecified atom stereocenters. The molecule has 0 saturated carbocycles. The van der Waals surface area contributed by atoms with Crippen molar-refractivity contribution >= 4 is 0 Å². The summed E-state index contributed by atoms with van der Waals surface area (Å²) in [6.45, 7) is 7.04. The number of rotatable bonds is 7. The number of terminal acetylenes is 1. The van der Waals surface area contributed by atoms with E-state index in [1.807, 2.05) is 0 Å². The van der Waals surface area contributed by atoms with Crippen molar-refractivity contribution in [1.29, 1.82) is 0 Å². The number of hydrogen-bond acceptors (Lipinski definition) is 2. The van der Waals surface area contributed by atoms with Crippen LogP contribution in [0.5, 0.6) is 0 Å². The van der Waals surface area contributed by atoms with E-state index in [2.05, 4.69) is 24.7 Å². The van der Waals surface area contributed by atoms with Crippen molar-refractivity contribution in [3.8, 4) is 12.3 Å². The Kier molecular flexibility index (Phi) is 7.77. The first-order chi connectivity index (χ1) is 6.26. The van der Waals surface area contributed by atoms with E-state index in [1.54, 1.807) is 0 Å². The smallest absolute Gasteiger partial charge is 0.0601 e. The maximum atomic E-state index is 5.47. The fourth-order valence-electron chi connectivity index (χ4n) is 1.46. The minimum Gasteiger partial charge on any atom is -0.330 e. The summed E-state index contributed by atoms with van der Waals surface area (Å²) in [7, 11) is 0. The fourth-order valence-corrected chi connectivity index (χ4v) is 1.46. The molecule has 2 N–H and O–H groups in total. The minimum atomic E-state index is 0.569. The third kappa shape index (κ3) is 5.68. The molecule has 0 aromatic carbocycles. The Morgan fingerprint density at radius 3 is 2.69 bits per heavy atom. The van der Waals surface area contributed by atoms with Crippen molar-refractivity contribution in [2.75, 3.05) is 19.6 Å². The predicted molar refractivity (Wildman–Crippen MR) is 58.4 cm³/mol. The van der Waals surface area contributed by atoms with Gasteiger partial charge in [0.25, 0.3) is 0 Å². The highest BCUT2D eigenvalue weighted by Crippen LogP contribution is 2.06. The number of nitrogens with two attached hydrogens (primary N) is 1. The van der Waals surface area contributed by atoms with Gasteiger partial charge in [-0.15, -0.1) is 6.42 Å². The maximum Gasteiger partial charge on any atom is 0.0601 e. The number of hydrogen-bond donors (Lipinski definition) is 1. The molecule has 0 saturated heterocycles. The van der Waals surface area contributed by atoms with Crippen molar-refractivity contribution in [3.63, 3.8) is 0 Å². The molecule has 0 aliphatic heterocycles. The molecule has 0 bridgehead atoms. The van der Waals surface area contributed by atoms with Gasteiger partial charge in [-0.25, -0.2) is 0 Å². The zero-order valence-electron chi connectivity index (χ0n) is 8.92. The molecule has 76 valence electrons. The Balaban J connectivity index is 3.81. The Bertz CT molecular complexity index is 149. The summed E-state index contributed by atoms with van der Waals surface area (Å²) in [5, 5.41) is 0. The molecule has 0 fully saturated rings. The molecule has 2 nitrogen and oxygen atoms in total. The molecule has 0 heterocycles. The lowest BCUT2D eigenvalue weighted by molar-refractivity contribution is 0.223. The first kappa shape index (κ1) is 12.5. The van der Waals surface area contributed by atoms with Crippen LogP contribution in [0, 0.1) is 12.3 Å². The minimum absolute atomic E-state index is 0.569. The second-order valence-electron chi connectivity index (χ2n) is 3.45. The van der Waals surface area contributed by atoms with E-state index in [1.165, 1.54) is 0 Å². The molecule has 0 spiro atoms. The van der Waals surface area contributed by atoms with Crippen molar-refractivity contribution in [2.45, 2.75) is 39.2 Å². The van der Waals surface area contributed by atoms with Crippen molar-refractivity contribution < 1.29 is 0 Å². The van der Waals surface area contributed by atoms with Crippen LogP contribution in [-0.2, 0) is 0 Å². The van der Waals surface area contributed by atoms with Crippen LogP contribution in [0.4, 0.5) is 0 Å². The van der Waals surface area contributed by atoms with Gasteiger partial charge < -0.3 is 5.73 Å². The number of nitrogens with zero attached hydrogens (tertiary/aromatic N) is 1.